The number of hydrogen-bond acceptors (Lipinski definition) is 12. The first-order chi connectivity index (χ1) is 25.2. The van der Waals surface area contributed by atoms with Crippen molar-refractivity contribution in [3.63, 3.8) is 0 Å². The number of hydrogen-bond donors (Lipinski definition) is 4. The van der Waals surface area contributed by atoms with E-state index in [1.807, 2.05) is 60.7 Å². The van der Waals surface area contributed by atoms with Crippen LogP contribution in [0.5, 0.6) is 0 Å². The van der Waals surface area contributed by atoms with Gasteiger partial charge in [0.2, 0.25) is 0 Å². The van der Waals surface area contributed by atoms with Crippen molar-refractivity contribution < 1.29 is 28.8 Å². The molecule has 4 heterocycles. The maximum Gasteiger partial charge on any atom is 0.273 e. The van der Waals surface area contributed by atoms with Crippen molar-refractivity contribution in [2.24, 2.45) is 0 Å². The minimum atomic E-state index is -0.634. The van der Waals surface area contributed by atoms with Crippen LogP contribution in [0.25, 0.3) is 22.6 Å². The zero-order chi connectivity index (χ0) is 36.2. The number of carbonyl (C=O) groups is 2. The lowest BCUT2D eigenvalue weighted by atomic mass is 9.86. The van der Waals surface area contributed by atoms with Gasteiger partial charge in [0.1, 0.15) is 5.69 Å². The fourth-order valence-corrected chi connectivity index (χ4v) is 6.08. The lowest BCUT2D eigenvalue weighted by Crippen LogP contribution is -2.45. The summed E-state index contributed by atoms with van der Waals surface area (Å²) in [6.45, 7) is 3.34. The summed E-state index contributed by atoms with van der Waals surface area (Å²) in [5.74, 6) is 0.623. The second kappa shape index (κ2) is 15.1. The van der Waals surface area contributed by atoms with Crippen LogP contribution < -0.4 is 10.6 Å². The molecule has 2 saturated carbocycles. The van der Waals surface area contributed by atoms with Crippen LogP contribution >= 0.6 is 0 Å². The van der Waals surface area contributed by atoms with Crippen molar-refractivity contribution in [1.29, 1.82) is 0 Å². The Hall–Kier alpha value is -6.00. The highest BCUT2D eigenvalue weighted by Gasteiger charge is 2.35. The molecule has 2 atom stereocenters. The van der Waals surface area contributed by atoms with Crippen LogP contribution in [0.4, 0.5) is 0 Å². The third-order valence-electron chi connectivity index (χ3n) is 9.21. The monoisotopic (exact) mass is 706 g/mol. The van der Waals surface area contributed by atoms with Crippen molar-refractivity contribution in [2.45, 2.75) is 75.9 Å². The van der Waals surface area contributed by atoms with E-state index < -0.39 is 12.2 Å². The van der Waals surface area contributed by atoms with Crippen LogP contribution in [-0.2, 0) is 0 Å². The van der Waals surface area contributed by atoms with E-state index in [0.29, 0.717) is 22.9 Å². The van der Waals surface area contributed by atoms with Crippen molar-refractivity contribution in [3.8, 4) is 22.6 Å². The molecule has 4 aromatic heterocycles. The summed E-state index contributed by atoms with van der Waals surface area (Å²) in [4.78, 5) is 24.7. The Labute approximate surface area is 297 Å². The van der Waals surface area contributed by atoms with Gasteiger partial charge in [0.25, 0.3) is 11.8 Å². The summed E-state index contributed by atoms with van der Waals surface area (Å²) >= 11 is 0. The van der Waals surface area contributed by atoms with E-state index in [1.54, 1.807) is 47.7 Å². The Morgan fingerprint density at radius 2 is 1.27 bits per heavy atom. The fraction of sp³-hybridized carbons (Fsp3) is 0.333. The third kappa shape index (κ3) is 7.67. The molecular weight excluding hydrogens is 668 g/mol. The molecule has 6 aromatic rings. The molecule has 8 rings (SSSR count). The highest BCUT2D eigenvalue weighted by atomic mass is 16.5. The number of carbonyl (C=O) groups excluding carboxylic acids is 2. The van der Waals surface area contributed by atoms with Gasteiger partial charge in [0.15, 0.2) is 22.9 Å². The average Bonchev–Trinajstić information content (AvgIpc) is 3.95. The summed E-state index contributed by atoms with van der Waals surface area (Å²) < 4.78 is 14.0. The molecule has 268 valence electrons. The lowest BCUT2D eigenvalue weighted by Gasteiger charge is -2.36. The molecule has 16 heteroatoms. The Morgan fingerprint density at radius 3 is 1.75 bits per heavy atom. The number of aliphatic hydroxyl groups is 2. The zero-order valence-corrected chi connectivity index (χ0v) is 28.5. The van der Waals surface area contributed by atoms with Gasteiger partial charge in [-0.25, -0.2) is 9.36 Å². The maximum absolute atomic E-state index is 12.4. The SMILES string of the molecule is C[C@H](O)c1cn(C2CC(NC(=O)c3cc(-c4ccccc4)on3)C2)nn1.C[C@H](O)c1cnnn1C1CC(NC(=O)c2cc(-c3ccccc3)on2)C1. The normalized spacial score (nSPS) is 20.4. The molecule has 0 aliphatic heterocycles. The molecular formula is C36H38N10O6. The summed E-state index contributed by atoms with van der Waals surface area (Å²) in [6, 6.07) is 22.7. The number of aliphatic hydroxyl groups excluding tert-OH is 2. The van der Waals surface area contributed by atoms with Crippen LogP contribution in [-0.4, -0.2) is 74.4 Å². The van der Waals surface area contributed by atoms with Crippen LogP contribution in [0.1, 0.15) is 96.2 Å². The molecule has 0 saturated heterocycles. The van der Waals surface area contributed by atoms with Gasteiger partial charge in [-0.3, -0.25) is 9.59 Å². The first-order valence-corrected chi connectivity index (χ1v) is 17.1. The number of benzene rings is 2. The first kappa shape index (κ1) is 34.4. The third-order valence-corrected chi connectivity index (χ3v) is 9.21. The maximum atomic E-state index is 12.4. The van der Waals surface area contributed by atoms with Gasteiger partial charge in [0.05, 0.1) is 42.4 Å². The molecule has 0 bridgehead atoms. The van der Waals surface area contributed by atoms with Gasteiger partial charge in [-0.2, -0.15) is 0 Å². The van der Waals surface area contributed by atoms with Crippen molar-refractivity contribution in [3.05, 3.63) is 108 Å². The summed E-state index contributed by atoms with van der Waals surface area (Å²) in [5, 5.41) is 48.7. The highest BCUT2D eigenvalue weighted by molar-refractivity contribution is 5.94. The number of rotatable bonds is 10. The Morgan fingerprint density at radius 1 is 0.750 bits per heavy atom. The smallest absolute Gasteiger partial charge is 0.273 e. The van der Waals surface area contributed by atoms with Gasteiger partial charge in [-0.15, -0.1) is 10.2 Å². The average molecular weight is 707 g/mol. The van der Waals surface area contributed by atoms with Gasteiger partial charge in [-0.05, 0) is 39.5 Å². The standard InChI is InChI=1S/2C18H19N5O3/c1-11(24)16-10-23(22-20-16)14-7-13(8-14)19-18(25)15-9-17(26-21-15)12-5-3-2-4-6-12;1-11(24)16-10-19-22-23(16)14-7-13(8-14)20-18(25)15-9-17(26-21-15)12-5-3-2-4-6-12/h2-6,9-11,13-14,24H,7-8H2,1H3,(H,19,25);2-6,9-11,13-14,24H,7-8H2,1H3,(H,20,25)/t2*11-,13?,14?/m00/s1. The Bertz CT molecular complexity index is 2090. The molecule has 16 nitrogen and oxygen atoms in total. The predicted molar refractivity (Wildman–Crippen MR) is 184 cm³/mol. The number of nitrogens with zero attached hydrogens (tertiary/aromatic N) is 8. The largest absolute Gasteiger partial charge is 0.387 e. The van der Waals surface area contributed by atoms with E-state index >= 15 is 0 Å². The molecule has 2 amide bonds. The van der Waals surface area contributed by atoms with E-state index in [-0.39, 0.29) is 47.4 Å². The van der Waals surface area contributed by atoms with E-state index in [9.17, 15) is 19.8 Å². The van der Waals surface area contributed by atoms with Gasteiger partial charge in [-0.1, -0.05) is 81.4 Å². The van der Waals surface area contributed by atoms with Crippen molar-refractivity contribution in [2.75, 3.05) is 0 Å². The molecule has 2 aliphatic rings. The molecule has 0 radical (unpaired) electrons. The van der Waals surface area contributed by atoms with Crippen LogP contribution in [0, 0.1) is 0 Å². The Balaban J connectivity index is 0.000000162. The second-order valence-corrected chi connectivity index (χ2v) is 13.1. The van der Waals surface area contributed by atoms with E-state index in [0.717, 1.165) is 36.8 Å². The van der Waals surface area contributed by atoms with E-state index in [4.69, 9.17) is 9.05 Å². The van der Waals surface area contributed by atoms with Crippen LogP contribution in [0.3, 0.4) is 0 Å². The topological polar surface area (TPSA) is 212 Å². The van der Waals surface area contributed by atoms with Crippen LogP contribution in [0.2, 0.25) is 0 Å². The predicted octanol–water partition coefficient (Wildman–Crippen LogP) is 4.24. The highest BCUT2D eigenvalue weighted by Crippen LogP contribution is 2.34. The van der Waals surface area contributed by atoms with Gasteiger partial charge < -0.3 is 29.9 Å². The van der Waals surface area contributed by atoms with Crippen molar-refractivity contribution >= 4 is 11.8 Å². The Kier molecular flexibility index (Phi) is 9.99. The molecule has 52 heavy (non-hydrogen) atoms. The summed E-state index contributed by atoms with van der Waals surface area (Å²) in [6.07, 6.45) is 5.05. The minimum Gasteiger partial charge on any atom is -0.387 e. The fourth-order valence-electron chi connectivity index (χ4n) is 6.08. The number of nitrogens with one attached hydrogen (secondary N) is 2. The second-order valence-electron chi connectivity index (χ2n) is 13.1. The first-order valence-electron chi connectivity index (χ1n) is 17.1. The molecule has 0 unspecified atom stereocenters. The number of aromatic nitrogens is 8. The minimum absolute atomic E-state index is 0.0374. The molecule has 2 aliphatic carbocycles. The van der Waals surface area contributed by atoms with Crippen LogP contribution in [0.15, 0.2) is 94.2 Å². The lowest BCUT2D eigenvalue weighted by molar-refractivity contribution is 0.0865. The summed E-state index contributed by atoms with van der Waals surface area (Å²) in [5.41, 5.74) is 3.52. The quantitative estimate of drug-likeness (QED) is 0.158. The number of amides is 2. The van der Waals surface area contributed by atoms with Crippen molar-refractivity contribution in [1.82, 2.24) is 50.9 Å². The molecule has 2 aromatic carbocycles. The summed E-state index contributed by atoms with van der Waals surface area (Å²) in [7, 11) is 0. The van der Waals surface area contributed by atoms with E-state index in [2.05, 4.69) is 41.6 Å². The van der Waals surface area contributed by atoms with E-state index in [1.165, 1.54) is 0 Å². The molecule has 0 spiro atoms. The molecule has 2 fully saturated rings. The van der Waals surface area contributed by atoms with Gasteiger partial charge in [0, 0.05) is 35.3 Å². The molecule has 4 N–H and O–H groups in total. The van der Waals surface area contributed by atoms with Gasteiger partial charge >= 0.3 is 0 Å². The zero-order valence-electron chi connectivity index (χ0n) is 28.5.